The van der Waals surface area contributed by atoms with Crippen LogP contribution in [0.2, 0.25) is 0 Å². The van der Waals surface area contributed by atoms with Gasteiger partial charge in [0.05, 0.1) is 84.5 Å². The highest BCUT2D eigenvalue weighted by atomic mass is 16.5. The van der Waals surface area contributed by atoms with E-state index in [9.17, 15) is 9.59 Å². The van der Waals surface area contributed by atoms with Crippen LogP contribution in [0.25, 0.3) is 0 Å². The Hall–Kier alpha value is -3.00. The van der Waals surface area contributed by atoms with E-state index in [1.54, 1.807) is 12.1 Å². The van der Waals surface area contributed by atoms with Crippen molar-refractivity contribution >= 4 is 11.9 Å². The van der Waals surface area contributed by atoms with Crippen molar-refractivity contribution in [2.75, 3.05) is 93.3 Å². The number of carbonyl (C=O) groups excluding carboxylic acids is 2. The number of ether oxygens (including phenoxy) is 6. The average Bonchev–Trinajstić information content (AvgIpc) is 3.05. The zero-order valence-corrected chi connectivity index (χ0v) is 27.3. The molecule has 0 radical (unpaired) electrons. The van der Waals surface area contributed by atoms with E-state index in [-0.39, 0.29) is 11.7 Å². The molecule has 1 atom stereocenters. The monoisotopic (exact) mass is 630 g/mol. The molecule has 0 aromatic carbocycles. The Morgan fingerprint density at radius 3 is 1.76 bits per heavy atom. The van der Waals surface area contributed by atoms with Crippen LogP contribution in [0.5, 0.6) is 0 Å². The molecule has 0 spiro atoms. The number of aromatic nitrogens is 2. The number of hydrogen-bond donors (Lipinski definition) is 0. The van der Waals surface area contributed by atoms with Crippen molar-refractivity contribution in [1.82, 2.24) is 19.8 Å². The van der Waals surface area contributed by atoms with Gasteiger partial charge in [0.15, 0.2) is 0 Å². The molecule has 45 heavy (non-hydrogen) atoms. The molecule has 2 aromatic rings. The summed E-state index contributed by atoms with van der Waals surface area (Å²) in [6, 6.07) is 10.9. The predicted molar refractivity (Wildman–Crippen MR) is 168 cm³/mol. The highest BCUT2D eigenvalue weighted by Crippen LogP contribution is 2.26. The lowest BCUT2D eigenvalue weighted by atomic mass is 9.99. The Morgan fingerprint density at radius 1 is 0.711 bits per heavy atom. The lowest BCUT2D eigenvalue weighted by Crippen LogP contribution is -2.36. The van der Waals surface area contributed by atoms with Gasteiger partial charge in [0.1, 0.15) is 11.4 Å². The number of hydrogen-bond acceptors (Lipinski definition) is 12. The van der Waals surface area contributed by atoms with Crippen molar-refractivity contribution in [3.63, 3.8) is 0 Å². The van der Waals surface area contributed by atoms with Gasteiger partial charge in [0.2, 0.25) is 0 Å². The third-order valence-corrected chi connectivity index (χ3v) is 7.45. The van der Waals surface area contributed by atoms with Gasteiger partial charge < -0.3 is 28.4 Å². The Kier molecular flexibility index (Phi) is 17.0. The van der Waals surface area contributed by atoms with Crippen LogP contribution in [-0.2, 0) is 35.0 Å². The van der Waals surface area contributed by atoms with E-state index in [0.717, 1.165) is 24.2 Å². The average molecular weight is 631 g/mol. The SMILES string of the molecule is COC(=O)c1cccc(CN2CCOCCOCCN(C(CCC(C)C)c3cccc(C(=O)OC)n3)CCOCCOCC2)n1. The molecule has 0 amide bonds. The van der Waals surface area contributed by atoms with Gasteiger partial charge in [-0.3, -0.25) is 9.80 Å². The molecule has 250 valence electrons. The van der Waals surface area contributed by atoms with Crippen molar-refractivity contribution in [2.24, 2.45) is 5.92 Å². The van der Waals surface area contributed by atoms with Gasteiger partial charge in [0, 0.05) is 32.7 Å². The fraction of sp³-hybridized carbons (Fsp3) is 0.636. The molecular weight excluding hydrogens is 580 g/mol. The third kappa shape index (κ3) is 13.5. The minimum absolute atomic E-state index is 0.00362. The zero-order chi connectivity index (χ0) is 32.3. The molecule has 3 rings (SSSR count). The second-order valence-corrected chi connectivity index (χ2v) is 11.2. The van der Waals surface area contributed by atoms with Gasteiger partial charge in [-0.05, 0) is 43.0 Å². The maximum Gasteiger partial charge on any atom is 0.356 e. The summed E-state index contributed by atoms with van der Waals surface area (Å²) in [6.45, 7) is 11.7. The Balaban J connectivity index is 1.60. The molecule has 0 N–H and O–H groups in total. The normalized spacial score (nSPS) is 18.1. The highest BCUT2D eigenvalue weighted by molar-refractivity contribution is 5.87. The van der Waals surface area contributed by atoms with Gasteiger partial charge in [-0.2, -0.15) is 0 Å². The van der Waals surface area contributed by atoms with E-state index in [2.05, 4.69) is 33.6 Å². The largest absolute Gasteiger partial charge is 0.464 e. The first-order chi connectivity index (χ1) is 21.9. The third-order valence-electron chi connectivity index (χ3n) is 7.45. The van der Waals surface area contributed by atoms with E-state index in [0.29, 0.717) is 97.2 Å². The first kappa shape index (κ1) is 36.5. The summed E-state index contributed by atoms with van der Waals surface area (Å²) in [6.07, 6.45) is 1.90. The second-order valence-electron chi connectivity index (χ2n) is 11.2. The zero-order valence-electron chi connectivity index (χ0n) is 27.3. The summed E-state index contributed by atoms with van der Waals surface area (Å²) in [5, 5.41) is 0. The number of carbonyl (C=O) groups is 2. The number of pyridine rings is 2. The molecular formula is C33H50N4O8. The molecule has 2 aromatic heterocycles. The Bertz CT molecular complexity index is 1130. The molecule has 1 unspecified atom stereocenters. The minimum atomic E-state index is -0.457. The van der Waals surface area contributed by atoms with Crippen LogP contribution >= 0.6 is 0 Å². The second kappa shape index (κ2) is 20.9. The predicted octanol–water partition coefficient (Wildman–Crippen LogP) is 3.41. The lowest BCUT2D eigenvalue weighted by molar-refractivity contribution is 0.0000918. The van der Waals surface area contributed by atoms with Gasteiger partial charge in [-0.1, -0.05) is 26.0 Å². The maximum absolute atomic E-state index is 12.2. The van der Waals surface area contributed by atoms with Crippen LogP contribution in [0.1, 0.15) is 65.1 Å². The fourth-order valence-electron chi connectivity index (χ4n) is 4.97. The fourth-order valence-corrected chi connectivity index (χ4v) is 4.97. The molecule has 1 aliphatic heterocycles. The first-order valence-corrected chi connectivity index (χ1v) is 15.8. The molecule has 12 nitrogen and oxygen atoms in total. The van der Waals surface area contributed by atoms with E-state index in [1.165, 1.54) is 14.2 Å². The summed E-state index contributed by atoms with van der Waals surface area (Å²) in [5.74, 6) is -0.379. The van der Waals surface area contributed by atoms with Crippen molar-refractivity contribution < 1.29 is 38.0 Å². The van der Waals surface area contributed by atoms with Gasteiger partial charge >= 0.3 is 11.9 Å². The molecule has 0 saturated carbocycles. The maximum atomic E-state index is 12.2. The van der Waals surface area contributed by atoms with Crippen LogP contribution in [0, 0.1) is 5.92 Å². The van der Waals surface area contributed by atoms with E-state index >= 15 is 0 Å². The van der Waals surface area contributed by atoms with Crippen molar-refractivity contribution in [3.8, 4) is 0 Å². The smallest absolute Gasteiger partial charge is 0.356 e. The van der Waals surface area contributed by atoms with Crippen LogP contribution in [0.3, 0.4) is 0 Å². The van der Waals surface area contributed by atoms with Crippen LogP contribution in [0.15, 0.2) is 36.4 Å². The van der Waals surface area contributed by atoms with Crippen molar-refractivity contribution in [3.05, 3.63) is 59.2 Å². The van der Waals surface area contributed by atoms with E-state index in [4.69, 9.17) is 28.4 Å². The molecule has 3 heterocycles. The summed E-state index contributed by atoms with van der Waals surface area (Å²) in [5.41, 5.74) is 2.20. The highest BCUT2D eigenvalue weighted by Gasteiger charge is 2.23. The van der Waals surface area contributed by atoms with Crippen molar-refractivity contribution in [1.29, 1.82) is 0 Å². The molecule has 1 saturated heterocycles. The summed E-state index contributed by atoms with van der Waals surface area (Å²) in [4.78, 5) is 37.8. The number of methoxy groups -OCH3 is 2. The molecule has 1 aliphatic rings. The van der Waals surface area contributed by atoms with E-state index < -0.39 is 11.9 Å². The van der Waals surface area contributed by atoms with Gasteiger partial charge in [-0.25, -0.2) is 19.6 Å². The van der Waals surface area contributed by atoms with Crippen LogP contribution in [-0.4, -0.2) is 125 Å². The van der Waals surface area contributed by atoms with Crippen LogP contribution < -0.4 is 0 Å². The number of rotatable bonds is 9. The van der Waals surface area contributed by atoms with E-state index in [1.807, 2.05) is 24.3 Å². The Labute approximate surface area is 267 Å². The standard InChI is InChI=1S/C33H50N4O8/c1-26(2)11-12-31(28-8-6-10-30(35-28)33(39)41-4)37-15-19-44-23-21-42-17-13-36(14-18-43-22-24-45-20-16-37)25-27-7-5-9-29(34-27)32(38)40-3/h5-10,26,31H,11-25H2,1-4H3. The number of esters is 2. The topological polar surface area (TPSA) is 122 Å². The summed E-state index contributed by atoms with van der Waals surface area (Å²) >= 11 is 0. The Morgan fingerprint density at radius 2 is 1.22 bits per heavy atom. The molecule has 1 fully saturated rings. The summed E-state index contributed by atoms with van der Waals surface area (Å²) in [7, 11) is 2.71. The lowest BCUT2D eigenvalue weighted by Gasteiger charge is -2.32. The first-order valence-electron chi connectivity index (χ1n) is 15.8. The van der Waals surface area contributed by atoms with Gasteiger partial charge in [0.25, 0.3) is 0 Å². The minimum Gasteiger partial charge on any atom is -0.464 e. The molecule has 0 aliphatic carbocycles. The van der Waals surface area contributed by atoms with Crippen molar-refractivity contribution in [2.45, 2.75) is 39.3 Å². The molecule has 0 bridgehead atoms. The van der Waals surface area contributed by atoms with Gasteiger partial charge in [-0.15, -0.1) is 0 Å². The quantitative estimate of drug-likeness (QED) is 0.378. The summed E-state index contributed by atoms with van der Waals surface area (Å²) < 4.78 is 33.5. The molecule has 12 heteroatoms. The number of nitrogens with zero attached hydrogens (tertiary/aromatic N) is 4. The van der Waals surface area contributed by atoms with Crippen LogP contribution in [0.4, 0.5) is 0 Å².